The predicted octanol–water partition coefficient (Wildman–Crippen LogP) is 3.87. The van der Waals surface area contributed by atoms with Gasteiger partial charge in [-0.2, -0.15) is 0 Å². The highest BCUT2D eigenvalue weighted by Crippen LogP contribution is 2.21. The highest BCUT2D eigenvalue weighted by Gasteiger charge is 2.17. The zero-order valence-corrected chi connectivity index (χ0v) is 14.6. The van der Waals surface area contributed by atoms with Crippen molar-refractivity contribution in [2.45, 2.75) is 19.3 Å². The lowest BCUT2D eigenvalue weighted by atomic mass is 9.92. The summed E-state index contributed by atoms with van der Waals surface area (Å²) in [7, 11) is 2.17. The molecular formula is C19H22ClN3O. The van der Waals surface area contributed by atoms with Crippen LogP contribution in [0.2, 0.25) is 5.02 Å². The standard InChI is InChI=1S/C19H22ClN3O/c1-23-11-9-14(10-12-23)13-17-3-2-4-18(21-17)22-19(24)15-5-7-16(20)8-6-15/h2-8,14H,9-13H2,1H3,(H,21,22,24). The highest BCUT2D eigenvalue weighted by molar-refractivity contribution is 6.30. The second-order valence-electron chi connectivity index (χ2n) is 6.43. The molecule has 2 aromatic rings. The van der Waals surface area contributed by atoms with Gasteiger partial charge in [-0.05, 0) is 81.7 Å². The number of amides is 1. The number of nitrogens with one attached hydrogen (secondary N) is 1. The maximum Gasteiger partial charge on any atom is 0.256 e. The van der Waals surface area contributed by atoms with Gasteiger partial charge in [-0.3, -0.25) is 4.79 Å². The first-order valence-corrected chi connectivity index (χ1v) is 8.69. The van der Waals surface area contributed by atoms with Gasteiger partial charge in [-0.15, -0.1) is 0 Å². The number of aromatic nitrogens is 1. The van der Waals surface area contributed by atoms with Gasteiger partial charge < -0.3 is 10.2 Å². The fraction of sp³-hybridized carbons (Fsp3) is 0.368. The second-order valence-corrected chi connectivity index (χ2v) is 6.86. The maximum absolute atomic E-state index is 12.3. The molecule has 5 heteroatoms. The Hall–Kier alpha value is -1.91. The molecule has 1 N–H and O–H groups in total. The molecule has 3 rings (SSSR count). The van der Waals surface area contributed by atoms with E-state index in [-0.39, 0.29) is 5.91 Å². The van der Waals surface area contributed by atoms with E-state index in [1.54, 1.807) is 24.3 Å². The van der Waals surface area contributed by atoms with Gasteiger partial charge in [0.15, 0.2) is 0 Å². The quantitative estimate of drug-likeness (QED) is 0.916. The summed E-state index contributed by atoms with van der Waals surface area (Å²) in [5, 5.41) is 3.48. The third-order valence-corrected chi connectivity index (χ3v) is 4.74. The van der Waals surface area contributed by atoms with E-state index in [0.29, 0.717) is 22.3 Å². The number of likely N-dealkylation sites (tertiary alicyclic amines) is 1. The van der Waals surface area contributed by atoms with Crippen LogP contribution in [0, 0.1) is 5.92 Å². The summed E-state index contributed by atoms with van der Waals surface area (Å²) < 4.78 is 0. The van der Waals surface area contributed by atoms with Gasteiger partial charge in [-0.1, -0.05) is 17.7 Å². The summed E-state index contributed by atoms with van der Waals surface area (Å²) >= 11 is 5.85. The van der Waals surface area contributed by atoms with Gasteiger partial charge in [0.2, 0.25) is 0 Å². The van der Waals surface area contributed by atoms with E-state index in [2.05, 4.69) is 22.2 Å². The summed E-state index contributed by atoms with van der Waals surface area (Å²) in [4.78, 5) is 19.2. The number of hydrogen-bond acceptors (Lipinski definition) is 3. The van der Waals surface area contributed by atoms with Crippen molar-refractivity contribution in [2.24, 2.45) is 5.92 Å². The number of nitrogens with zero attached hydrogens (tertiary/aromatic N) is 2. The number of hydrogen-bond donors (Lipinski definition) is 1. The van der Waals surface area contributed by atoms with Crippen molar-refractivity contribution >= 4 is 23.3 Å². The smallest absolute Gasteiger partial charge is 0.256 e. The molecule has 0 radical (unpaired) electrons. The highest BCUT2D eigenvalue weighted by atomic mass is 35.5. The molecule has 1 aliphatic rings. The molecule has 0 aliphatic carbocycles. The van der Waals surface area contributed by atoms with Gasteiger partial charge in [0.05, 0.1) is 0 Å². The molecule has 0 unspecified atom stereocenters. The number of carbonyl (C=O) groups excluding carboxylic acids is 1. The van der Waals surface area contributed by atoms with Crippen LogP contribution in [0.4, 0.5) is 5.82 Å². The van der Waals surface area contributed by atoms with Gasteiger partial charge in [0, 0.05) is 16.3 Å². The lowest BCUT2D eigenvalue weighted by Crippen LogP contribution is -2.31. The molecule has 1 aliphatic heterocycles. The van der Waals surface area contributed by atoms with E-state index in [1.165, 1.54) is 12.8 Å². The molecule has 0 atom stereocenters. The lowest BCUT2D eigenvalue weighted by Gasteiger charge is -2.28. The average Bonchev–Trinajstić information content (AvgIpc) is 2.58. The Kier molecular flexibility index (Phi) is 5.48. The van der Waals surface area contributed by atoms with E-state index >= 15 is 0 Å². The van der Waals surface area contributed by atoms with Crippen molar-refractivity contribution in [3.63, 3.8) is 0 Å². The first-order chi connectivity index (χ1) is 11.6. The van der Waals surface area contributed by atoms with E-state index in [9.17, 15) is 4.79 Å². The number of piperidine rings is 1. The summed E-state index contributed by atoms with van der Waals surface area (Å²) in [5.41, 5.74) is 1.61. The van der Waals surface area contributed by atoms with Gasteiger partial charge in [0.1, 0.15) is 5.82 Å². The van der Waals surface area contributed by atoms with Crippen molar-refractivity contribution < 1.29 is 4.79 Å². The number of rotatable bonds is 4. The molecule has 1 fully saturated rings. The molecule has 1 aromatic heterocycles. The number of benzene rings is 1. The minimum atomic E-state index is -0.171. The molecule has 4 nitrogen and oxygen atoms in total. The number of pyridine rings is 1. The molecule has 24 heavy (non-hydrogen) atoms. The van der Waals surface area contributed by atoms with Crippen LogP contribution in [0.1, 0.15) is 28.9 Å². The third-order valence-electron chi connectivity index (χ3n) is 4.49. The van der Waals surface area contributed by atoms with Crippen LogP contribution in [0.15, 0.2) is 42.5 Å². The first-order valence-electron chi connectivity index (χ1n) is 8.31. The van der Waals surface area contributed by atoms with E-state index in [4.69, 9.17) is 11.6 Å². The monoisotopic (exact) mass is 343 g/mol. The van der Waals surface area contributed by atoms with Crippen LogP contribution in [0.25, 0.3) is 0 Å². The molecule has 1 amide bonds. The predicted molar refractivity (Wildman–Crippen MR) is 97.6 cm³/mol. The van der Waals surface area contributed by atoms with Crippen LogP contribution in [-0.2, 0) is 6.42 Å². The number of anilines is 1. The fourth-order valence-electron chi connectivity index (χ4n) is 3.01. The van der Waals surface area contributed by atoms with Crippen LogP contribution >= 0.6 is 11.6 Å². The van der Waals surface area contributed by atoms with Crippen LogP contribution < -0.4 is 5.32 Å². The number of halogens is 1. The third kappa shape index (κ3) is 4.56. The van der Waals surface area contributed by atoms with Gasteiger partial charge in [-0.25, -0.2) is 4.98 Å². The normalized spacial score (nSPS) is 16.1. The summed E-state index contributed by atoms with van der Waals surface area (Å²) in [6, 6.07) is 12.7. The van der Waals surface area contributed by atoms with Crippen molar-refractivity contribution in [1.82, 2.24) is 9.88 Å². The van der Waals surface area contributed by atoms with E-state index < -0.39 is 0 Å². The number of carbonyl (C=O) groups is 1. The van der Waals surface area contributed by atoms with E-state index in [0.717, 1.165) is 25.2 Å². The molecule has 2 heterocycles. The SMILES string of the molecule is CN1CCC(Cc2cccc(NC(=O)c3ccc(Cl)cc3)n2)CC1. The Morgan fingerprint density at radius 3 is 2.62 bits per heavy atom. The molecule has 0 bridgehead atoms. The summed E-state index contributed by atoms with van der Waals surface area (Å²) in [6.45, 7) is 2.30. The van der Waals surface area contributed by atoms with Gasteiger partial charge >= 0.3 is 0 Å². The van der Waals surface area contributed by atoms with Crippen LogP contribution in [-0.4, -0.2) is 35.9 Å². The molecule has 1 aromatic carbocycles. The van der Waals surface area contributed by atoms with Crippen LogP contribution in [0.5, 0.6) is 0 Å². The average molecular weight is 344 g/mol. The lowest BCUT2D eigenvalue weighted by molar-refractivity contribution is 0.102. The zero-order valence-electron chi connectivity index (χ0n) is 13.8. The largest absolute Gasteiger partial charge is 0.307 e. The maximum atomic E-state index is 12.3. The topological polar surface area (TPSA) is 45.2 Å². The molecule has 1 saturated heterocycles. The molecule has 126 valence electrons. The van der Waals surface area contributed by atoms with Crippen LogP contribution in [0.3, 0.4) is 0 Å². The Morgan fingerprint density at radius 1 is 1.21 bits per heavy atom. The molecular weight excluding hydrogens is 322 g/mol. The van der Waals surface area contributed by atoms with Gasteiger partial charge in [0.25, 0.3) is 5.91 Å². The summed E-state index contributed by atoms with van der Waals surface area (Å²) in [5.74, 6) is 1.10. The Balaban J connectivity index is 1.62. The summed E-state index contributed by atoms with van der Waals surface area (Å²) in [6.07, 6.45) is 3.39. The molecule has 0 spiro atoms. The van der Waals surface area contributed by atoms with Crippen molar-refractivity contribution in [1.29, 1.82) is 0 Å². The van der Waals surface area contributed by atoms with Crippen molar-refractivity contribution in [2.75, 3.05) is 25.5 Å². The zero-order chi connectivity index (χ0) is 16.9. The Morgan fingerprint density at radius 2 is 1.92 bits per heavy atom. The minimum absolute atomic E-state index is 0.171. The van der Waals surface area contributed by atoms with Crippen molar-refractivity contribution in [3.8, 4) is 0 Å². The minimum Gasteiger partial charge on any atom is -0.307 e. The first kappa shape index (κ1) is 16.9. The van der Waals surface area contributed by atoms with Crippen molar-refractivity contribution in [3.05, 3.63) is 58.7 Å². The van der Waals surface area contributed by atoms with E-state index in [1.807, 2.05) is 18.2 Å². The second kappa shape index (κ2) is 7.77. The molecule has 0 saturated carbocycles. The Labute approximate surface area is 147 Å². The fourth-order valence-corrected chi connectivity index (χ4v) is 3.14. The Bertz CT molecular complexity index is 694.